The van der Waals surface area contributed by atoms with Crippen LogP contribution in [0.25, 0.3) is 0 Å². The van der Waals surface area contributed by atoms with E-state index in [1.54, 1.807) is 7.05 Å². The molecule has 3 amide bonds. The smallest absolute Gasteiger partial charge is 0.324 e. The number of amides is 3. The molecule has 1 aromatic carbocycles. The van der Waals surface area contributed by atoms with E-state index >= 15 is 0 Å². The van der Waals surface area contributed by atoms with Gasteiger partial charge in [-0.25, -0.2) is 4.79 Å². The monoisotopic (exact) mass is 381 g/mol. The molecule has 1 heterocycles. The van der Waals surface area contributed by atoms with E-state index < -0.39 is 0 Å². The van der Waals surface area contributed by atoms with E-state index in [-0.39, 0.29) is 18.5 Å². The van der Waals surface area contributed by atoms with E-state index in [1.807, 2.05) is 36.2 Å². The van der Waals surface area contributed by atoms with Crippen LogP contribution in [0, 0.1) is 0 Å². The minimum atomic E-state index is -0.339. The summed E-state index contributed by atoms with van der Waals surface area (Å²) in [5.74, 6) is 0.501. The van der Waals surface area contributed by atoms with Gasteiger partial charge in [0.05, 0.1) is 6.54 Å². The van der Waals surface area contributed by atoms with Crippen LogP contribution in [-0.2, 0) is 11.3 Å². The first-order chi connectivity index (χ1) is 11.0. The summed E-state index contributed by atoms with van der Waals surface area (Å²) < 4.78 is 1.04. The first kappa shape index (κ1) is 17.3. The van der Waals surface area contributed by atoms with E-state index in [0.717, 1.165) is 10.0 Å². The van der Waals surface area contributed by atoms with Crippen molar-refractivity contribution in [3.63, 3.8) is 0 Å². The van der Waals surface area contributed by atoms with Gasteiger partial charge in [-0.3, -0.25) is 14.7 Å². The molecule has 8 heteroatoms. The van der Waals surface area contributed by atoms with Gasteiger partial charge in [-0.05, 0) is 11.6 Å². The molecule has 0 spiro atoms. The maximum Gasteiger partial charge on any atom is 0.324 e. The van der Waals surface area contributed by atoms with Crippen LogP contribution in [0.15, 0.2) is 33.7 Å². The summed E-state index contributed by atoms with van der Waals surface area (Å²) in [5.41, 5.74) is 1.15. The average molecular weight is 382 g/mol. The highest BCUT2D eigenvalue weighted by molar-refractivity contribution is 9.10. The van der Waals surface area contributed by atoms with E-state index in [0.29, 0.717) is 25.6 Å². The van der Waals surface area contributed by atoms with Gasteiger partial charge >= 0.3 is 6.03 Å². The SMILES string of the molecule is CN=C(NCCN1C(=O)CNC1=O)N(C)Cc1ccccc1Br. The summed E-state index contributed by atoms with van der Waals surface area (Å²) >= 11 is 3.53. The van der Waals surface area contributed by atoms with E-state index in [2.05, 4.69) is 31.6 Å². The van der Waals surface area contributed by atoms with Crippen LogP contribution in [0.5, 0.6) is 0 Å². The molecule has 0 atom stereocenters. The standard InChI is InChI=1S/C15H20BrN5O2/c1-17-14(18-7-8-21-13(22)9-19-15(21)23)20(2)10-11-5-3-4-6-12(11)16/h3-6H,7-10H2,1-2H3,(H,17,18)(H,19,23). The molecule has 1 aromatic rings. The van der Waals surface area contributed by atoms with Crippen LogP contribution in [0.1, 0.15) is 5.56 Å². The Labute approximate surface area is 143 Å². The van der Waals surface area contributed by atoms with Gasteiger partial charge in [0, 0.05) is 38.2 Å². The second-order valence-electron chi connectivity index (χ2n) is 5.13. The lowest BCUT2D eigenvalue weighted by Gasteiger charge is -2.23. The summed E-state index contributed by atoms with van der Waals surface area (Å²) in [4.78, 5) is 30.4. The van der Waals surface area contributed by atoms with Gasteiger partial charge in [-0.1, -0.05) is 34.1 Å². The topological polar surface area (TPSA) is 77.0 Å². The van der Waals surface area contributed by atoms with Crippen molar-refractivity contribution in [3.05, 3.63) is 34.3 Å². The highest BCUT2D eigenvalue weighted by Gasteiger charge is 2.27. The largest absolute Gasteiger partial charge is 0.354 e. The molecular weight excluding hydrogens is 362 g/mol. The van der Waals surface area contributed by atoms with Crippen LogP contribution in [0.3, 0.4) is 0 Å². The van der Waals surface area contributed by atoms with E-state index in [1.165, 1.54) is 4.90 Å². The zero-order valence-electron chi connectivity index (χ0n) is 13.2. The minimum Gasteiger partial charge on any atom is -0.354 e. The fourth-order valence-electron chi connectivity index (χ4n) is 2.30. The molecule has 0 aliphatic carbocycles. The van der Waals surface area contributed by atoms with Crippen LogP contribution in [-0.4, -0.2) is 61.4 Å². The molecule has 2 N–H and O–H groups in total. The average Bonchev–Trinajstić information content (AvgIpc) is 2.85. The van der Waals surface area contributed by atoms with Crippen LogP contribution < -0.4 is 10.6 Å². The molecule has 2 rings (SSSR count). The number of halogens is 1. The Hall–Kier alpha value is -2.09. The molecule has 0 unspecified atom stereocenters. The second-order valence-corrected chi connectivity index (χ2v) is 5.98. The van der Waals surface area contributed by atoms with Crippen LogP contribution in [0.4, 0.5) is 4.79 Å². The van der Waals surface area contributed by atoms with Crippen molar-refractivity contribution < 1.29 is 9.59 Å². The van der Waals surface area contributed by atoms with Crippen molar-refractivity contribution in [2.45, 2.75) is 6.54 Å². The fourth-order valence-corrected chi connectivity index (χ4v) is 2.71. The Bertz CT molecular complexity index is 604. The molecule has 1 saturated heterocycles. The minimum absolute atomic E-state index is 0.0789. The molecule has 1 fully saturated rings. The normalized spacial score (nSPS) is 14.9. The highest BCUT2D eigenvalue weighted by Crippen LogP contribution is 2.17. The predicted molar refractivity (Wildman–Crippen MR) is 92.1 cm³/mol. The number of imide groups is 1. The summed E-state index contributed by atoms with van der Waals surface area (Å²) in [7, 11) is 3.63. The fraction of sp³-hybridized carbons (Fsp3) is 0.400. The van der Waals surface area contributed by atoms with Gasteiger partial charge in [0.15, 0.2) is 5.96 Å². The number of hydrogen-bond donors (Lipinski definition) is 2. The lowest BCUT2D eigenvalue weighted by molar-refractivity contribution is -0.124. The van der Waals surface area contributed by atoms with Crippen molar-refractivity contribution in [3.8, 4) is 0 Å². The zero-order valence-corrected chi connectivity index (χ0v) is 14.8. The Kier molecular flexibility index (Phi) is 5.97. The van der Waals surface area contributed by atoms with Gasteiger partial charge in [0.2, 0.25) is 5.91 Å². The number of hydrogen-bond acceptors (Lipinski definition) is 3. The van der Waals surface area contributed by atoms with E-state index in [4.69, 9.17) is 0 Å². The Balaban J connectivity index is 1.86. The molecule has 0 bridgehead atoms. The predicted octanol–water partition coefficient (Wildman–Crippen LogP) is 1.01. The number of benzene rings is 1. The van der Waals surface area contributed by atoms with Crippen molar-refractivity contribution in [1.29, 1.82) is 0 Å². The molecular formula is C15H20BrN5O2. The number of nitrogens with zero attached hydrogens (tertiary/aromatic N) is 3. The molecule has 0 aromatic heterocycles. The molecule has 1 aliphatic heterocycles. The molecule has 124 valence electrons. The molecule has 7 nitrogen and oxygen atoms in total. The van der Waals surface area contributed by atoms with Gasteiger partial charge < -0.3 is 15.5 Å². The Morgan fingerprint density at radius 3 is 2.78 bits per heavy atom. The number of carbonyl (C=O) groups excluding carboxylic acids is 2. The van der Waals surface area contributed by atoms with Crippen LogP contribution >= 0.6 is 15.9 Å². The van der Waals surface area contributed by atoms with Crippen LogP contribution in [0.2, 0.25) is 0 Å². The summed E-state index contributed by atoms with van der Waals surface area (Å²) in [6, 6.07) is 7.66. The number of urea groups is 1. The molecule has 23 heavy (non-hydrogen) atoms. The third-order valence-electron chi connectivity index (χ3n) is 3.49. The van der Waals surface area contributed by atoms with Crippen molar-refractivity contribution in [2.75, 3.05) is 33.7 Å². The second kappa shape index (κ2) is 7.96. The maximum atomic E-state index is 11.5. The summed E-state index contributed by atoms with van der Waals surface area (Å²) in [6.45, 7) is 1.53. The van der Waals surface area contributed by atoms with Crippen molar-refractivity contribution >= 4 is 33.8 Å². The lowest BCUT2D eigenvalue weighted by Crippen LogP contribution is -2.43. The number of nitrogens with one attached hydrogen (secondary N) is 2. The third-order valence-corrected chi connectivity index (χ3v) is 4.27. The first-order valence-electron chi connectivity index (χ1n) is 7.26. The van der Waals surface area contributed by atoms with Gasteiger partial charge in [0.25, 0.3) is 0 Å². The zero-order chi connectivity index (χ0) is 16.8. The van der Waals surface area contributed by atoms with E-state index in [9.17, 15) is 9.59 Å². The molecule has 0 saturated carbocycles. The summed E-state index contributed by atoms with van der Waals surface area (Å²) in [5, 5.41) is 5.66. The third kappa shape index (κ3) is 4.44. The summed E-state index contributed by atoms with van der Waals surface area (Å²) in [6.07, 6.45) is 0. The van der Waals surface area contributed by atoms with Crippen molar-refractivity contribution in [1.82, 2.24) is 20.4 Å². The number of carbonyl (C=O) groups is 2. The Morgan fingerprint density at radius 1 is 1.43 bits per heavy atom. The number of guanidine groups is 1. The first-order valence-corrected chi connectivity index (χ1v) is 8.05. The lowest BCUT2D eigenvalue weighted by atomic mass is 10.2. The quantitative estimate of drug-likeness (QED) is 0.453. The van der Waals surface area contributed by atoms with Gasteiger partial charge in [-0.2, -0.15) is 0 Å². The van der Waals surface area contributed by atoms with Crippen molar-refractivity contribution in [2.24, 2.45) is 4.99 Å². The van der Waals surface area contributed by atoms with Gasteiger partial charge in [-0.15, -0.1) is 0 Å². The van der Waals surface area contributed by atoms with Gasteiger partial charge in [0.1, 0.15) is 0 Å². The number of rotatable bonds is 5. The number of aliphatic imine (C=N–C) groups is 1. The highest BCUT2D eigenvalue weighted by atomic mass is 79.9. The molecule has 1 aliphatic rings. The molecule has 0 radical (unpaired) electrons. The Morgan fingerprint density at radius 2 is 2.17 bits per heavy atom. The maximum absolute atomic E-state index is 11.5.